The highest BCUT2D eigenvalue weighted by Gasteiger charge is 2.24. The van der Waals surface area contributed by atoms with Crippen molar-refractivity contribution < 1.29 is 14.6 Å². The molecule has 1 aliphatic rings. The van der Waals surface area contributed by atoms with Gasteiger partial charge in [-0.05, 0) is 34.5 Å². The molecule has 1 aromatic rings. The third-order valence-corrected chi connectivity index (χ3v) is 3.41. The maximum Gasteiger partial charge on any atom is 0.133 e. The van der Waals surface area contributed by atoms with E-state index in [0.29, 0.717) is 13.2 Å². The number of hydrogen-bond acceptors (Lipinski definition) is 3. The first-order valence-electron chi connectivity index (χ1n) is 5.40. The van der Waals surface area contributed by atoms with Crippen LogP contribution in [0.25, 0.3) is 0 Å². The fourth-order valence-corrected chi connectivity index (χ4v) is 2.13. The molecule has 1 aromatic carbocycles. The Morgan fingerprint density at radius 3 is 3.00 bits per heavy atom. The van der Waals surface area contributed by atoms with Gasteiger partial charge in [0.1, 0.15) is 12.4 Å². The van der Waals surface area contributed by atoms with Crippen molar-refractivity contribution in [3.05, 3.63) is 28.7 Å². The van der Waals surface area contributed by atoms with Gasteiger partial charge in [0.15, 0.2) is 0 Å². The van der Waals surface area contributed by atoms with Gasteiger partial charge in [-0.2, -0.15) is 0 Å². The zero-order valence-corrected chi connectivity index (χ0v) is 10.5. The molecule has 1 heterocycles. The summed E-state index contributed by atoms with van der Waals surface area (Å²) >= 11 is 3.40. The van der Waals surface area contributed by atoms with Crippen molar-refractivity contribution in [2.75, 3.05) is 19.8 Å². The highest BCUT2D eigenvalue weighted by Crippen LogP contribution is 2.25. The number of ether oxygens (including phenoxy) is 2. The van der Waals surface area contributed by atoms with Crippen LogP contribution < -0.4 is 4.74 Å². The SMILES string of the molecule is OC(COc1ccccc1Br)C1CCOC1. The number of aliphatic hydroxyl groups is 1. The normalized spacial score (nSPS) is 22.0. The smallest absolute Gasteiger partial charge is 0.133 e. The predicted molar refractivity (Wildman–Crippen MR) is 64.6 cm³/mol. The van der Waals surface area contributed by atoms with E-state index in [4.69, 9.17) is 9.47 Å². The van der Waals surface area contributed by atoms with Gasteiger partial charge in [-0.1, -0.05) is 12.1 Å². The van der Waals surface area contributed by atoms with Crippen molar-refractivity contribution in [2.24, 2.45) is 5.92 Å². The summed E-state index contributed by atoms with van der Waals surface area (Å²) in [6.07, 6.45) is 0.468. The van der Waals surface area contributed by atoms with Gasteiger partial charge in [-0.3, -0.25) is 0 Å². The average molecular weight is 287 g/mol. The molecule has 1 saturated heterocycles. The summed E-state index contributed by atoms with van der Waals surface area (Å²) in [6.45, 7) is 1.70. The summed E-state index contributed by atoms with van der Waals surface area (Å²) in [5, 5.41) is 9.88. The van der Waals surface area contributed by atoms with Gasteiger partial charge in [-0.15, -0.1) is 0 Å². The Hall–Kier alpha value is -0.580. The van der Waals surface area contributed by atoms with Gasteiger partial charge in [0, 0.05) is 12.5 Å². The van der Waals surface area contributed by atoms with Gasteiger partial charge in [0.05, 0.1) is 17.2 Å². The molecule has 0 aromatic heterocycles. The number of para-hydroxylation sites is 1. The number of benzene rings is 1. The van der Waals surface area contributed by atoms with Crippen LogP contribution in [0.1, 0.15) is 6.42 Å². The Morgan fingerprint density at radius 2 is 2.31 bits per heavy atom. The van der Waals surface area contributed by atoms with Crippen molar-refractivity contribution in [1.29, 1.82) is 0 Å². The molecule has 0 aliphatic carbocycles. The van der Waals surface area contributed by atoms with E-state index in [2.05, 4.69) is 15.9 Å². The lowest BCUT2D eigenvalue weighted by Gasteiger charge is -2.17. The minimum absolute atomic E-state index is 0.211. The summed E-state index contributed by atoms with van der Waals surface area (Å²) < 4.78 is 11.7. The van der Waals surface area contributed by atoms with Crippen LogP contribution >= 0.6 is 15.9 Å². The first kappa shape index (κ1) is 11.9. The summed E-state index contributed by atoms with van der Waals surface area (Å²) in [5.74, 6) is 0.975. The van der Waals surface area contributed by atoms with Crippen LogP contribution in [0.3, 0.4) is 0 Å². The van der Waals surface area contributed by atoms with Crippen LogP contribution in [-0.4, -0.2) is 31.0 Å². The Labute approximate surface area is 104 Å². The molecule has 0 amide bonds. The van der Waals surface area contributed by atoms with Gasteiger partial charge in [0.2, 0.25) is 0 Å². The van der Waals surface area contributed by atoms with E-state index < -0.39 is 6.10 Å². The van der Waals surface area contributed by atoms with Gasteiger partial charge >= 0.3 is 0 Å². The van der Waals surface area contributed by atoms with Crippen molar-refractivity contribution in [2.45, 2.75) is 12.5 Å². The third-order valence-electron chi connectivity index (χ3n) is 2.76. The molecule has 2 unspecified atom stereocenters. The second kappa shape index (κ2) is 5.66. The molecular weight excluding hydrogens is 272 g/mol. The Kier molecular flexibility index (Phi) is 4.21. The molecule has 1 fully saturated rings. The van der Waals surface area contributed by atoms with Crippen LogP contribution in [0.2, 0.25) is 0 Å². The lowest BCUT2D eigenvalue weighted by atomic mass is 10.0. The average Bonchev–Trinajstić information content (AvgIpc) is 2.81. The Bertz CT molecular complexity index is 337. The molecule has 2 atom stereocenters. The predicted octanol–water partition coefficient (Wildman–Crippen LogP) is 2.23. The van der Waals surface area contributed by atoms with Crippen LogP contribution in [0.15, 0.2) is 28.7 Å². The second-order valence-electron chi connectivity index (χ2n) is 3.93. The Balaban J connectivity index is 1.84. The minimum Gasteiger partial charge on any atom is -0.490 e. The lowest BCUT2D eigenvalue weighted by Crippen LogP contribution is -2.27. The zero-order chi connectivity index (χ0) is 11.4. The standard InChI is InChI=1S/C12H15BrO3/c13-10-3-1-2-4-12(10)16-8-11(14)9-5-6-15-7-9/h1-4,9,11,14H,5-8H2. The van der Waals surface area contributed by atoms with E-state index in [1.807, 2.05) is 24.3 Å². The summed E-state index contributed by atoms with van der Waals surface area (Å²) in [7, 11) is 0. The highest BCUT2D eigenvalue weighted by atomic mass is 79.9. The third kappa shape index (κ3) is 2.97. The first-order chi connectivity index (χ1) is 7.77. The fourth-order valence-electron chi connectivity index (χ4n) is 1.73. The van der Waals surface area contributed by atoms with Crippen molar-refractivity contribution in [3.8, 4) is 5.75 Å². The summed E-state index contributed by atoms with van der Waals surface area (Å²) in [5.41, 5.74) is 0. The quantitative estimate of drug-likeness (QED) is 0.923. The largest absolute Gasteiger partial charge is 0.490 e. The number of hydrogen-bond donors (Lipinski definition) is 1. The lowest BCUT2D eigenvalue weighted by molar-refractivity contribution is 0.0497. The highest BCUT2D eigenvalue weighted by molar-refractivity contribution is 9.10. The summed E-state index contributed by atoms with van der Waals surface area (Å²) in [4.78, 5) is 0. The molecule has 3 nitrogen and oxygen atoms in total. The van der Waals surface area contributed by atoms with E-state index in [-0.39, 0.29) is 5.92 Å². The van der Waals surface area contributed by atoms with E-state index in [0.717, 1.165) is 23.2 Å². The Morgan fingerprint density at radius 1 is 1.50 bits per heavy atom. The van der Waals surface area contributed by atoms with Gasteiger partial charge in [0.25, 0.3) is 0 Å². The van der Waals surface area contributed by atoms with Crippen molar-refractivity contribution in [3.63, 3.8) is 0 Å². The molecule has 1 N–H and O–H groups in total. The molecule has 0 bridgehead atoms. The molecular formula is C12H15BrO3. The maximum absolute atomic E-state index is 9.88. The van der Waals surface area contributed by atoms with E-state index in [1.54, 1.807) is 0 Å². The fraction of sp³-hybridized carbons (Fsp3) is 0.500. The van der Waals surface area contributed by atoms with Crippen LogP contribution in [0, 0.1) is 5.92 Å². The van der Waals surface area contributed by atoms with E-state index >= 15 is 0 Å². The number of rotatable bonds is 4. The summed E-state index contributed by atoms with van der Waals surface area (Å²) in [6, 6.07) is 7.63. The van der Waals surface area contributed by atoms with Gasteiger partial charge < -0.3 is 14.6 Å². The molecule has 88 valence electrons. The van der Waals surface area contributed by atoms with E-state index in [1.165, 1.54) is 0 Å². The van der Waals surface area contributed by atoms with Gasteiger partial charge in [-0.25, -0.2) is 0 Å². The molecule has 0 saturated carbocycles. The van der Waals surface area contributed by atoms with Crippen LogP contribution in [0.4, 0.5) is 0 Å². The van der Waals surface area contributed by atoms with Crippen molar-refractivity contribution >= 4 is 15.9 Å². The van der Waals surface area contributed by atoms with E-state index in [9.17, 15) is 5.11 Å². The molecule has 4 heteroatoms. The molecule has 0 spiro atoms. The maximum atomic E-state index is 9.88. The van der Waals surface area contributed by atoms with Crippen molar-refractivity contribution in [1.82, 2.24) is 0 Å². The molecule has 2 rings (SSSR count). The van der Waals surface area contributed by atoms with Crippen LogP contribution in [0.5, 0.6) is 5.75 Å². The zero-order valence-electron chi connectivity index (χ0n) is 8.93. The molecule has 16 heavy (non-hydrogen) atoms. The minimum atomic E-state index is -0.449. The molecule has 0 radical (unpaired) electrons. The second-order valence-corrected chi connectivity index (χ2v) is 4.79. The monoisotopic (exact) mass is 286 g/mol. The number of aliphatic hydroxyl groups excluding tert-OH is 1. The van der Waals surface area contributed by atoms with Crippen LogP contribution in [-0.2, 0) is 4.74 Å². The molecule has 1 aliphatic heterocycles. The number of halogens is 1. The topological polar surface area (TPSA) is 38.7 Å². The first-order valence-corrected chi connectivity index (χ1v) is 6.20.